The van der Waals surface area contributed by atoms with Gasteiger partial charge in [-0.2, -0.15) is 0 Å². The third kappa shape index (κ3) is 4.79. The van der Waals surface area contributed by atoms with Gasteiger partial charge in [0.25, 0.3) is 0 Å². The van der Waals surface area contributed by atoms with Gasteiger partial charge in [0.1, 0.15) is 11.4 Å². The van der Waals surface area contributed by atoms with Crippen LogP contribution >= 0.6 is 0 Å². The molecule has 0 spiro atoms. The van der Waals surface area contributed by atoms with Gasteiger partial charge in [0.2, 0.25) is 0 Å². The minimum atomic E-state index is -0.617. The van der Waals surface area contributed by atoms with E-state index in [4.69, 9.17) is 9.47 Å². The number of hydrogen-bond donors (Lipinski definition) is 0. The van der Waals surface area contributed by atoms with E-state index in [1.165, 1.54) is 7.11 Å². The lowest BCUT2D eigenvalue weighted by molar-refractivity contribution is 0.0210. The molecule has 3 rings (SSSR count). The van der Waals surface area contributed by atoms with Gasteiger partial charge in [-0.1, -0.05) is 30.3 Å². The molecule has 1 heterocycles. The molecule has 0 N–H and O–H groups in total. The summed E-state index contributed by atoms with van der Waals surface area (Å²) in [7, 11) is 3.25. The third-order valence-corrected chi connectivity index (χ3v) is 4.69. The zero-order chi connectivity index (χ0) is 21.9. The molecule has 0 radical (unpaired) electrons. The molecule has 0 aliphatic carbocycles. The van der Waals surface area contributed by atoms with Gasteiger partial charge >= 0.3 is 12.1 Å². The van der Waals surface area contributed by atoms with Crippen molar-refractivity contribution < 1.29 is 19.1 Å². The molecule has 0 atom stereocenters. The number of aryl methyl sites for hydroxylation is 1. The Kier molecular flexibility index (Phi) is 6.10. The maximum absolute atomic E-state index is 13.0. The van der Waals surface area contributed by atoms with Crippen molar-refractivity contribution in [1.82, 2.24) is 14.5 Å². The van der Waals surface area contributed by atoms with E-state index in [2.05, 4.69) is 4.98 Å². The van der Waals surface area contributed by atoms with Crippen LogP contribution in [0.1, 0.15) is 42.5 Å². The summed E-state index contributed by atoms with van der Waals surface area (Å²) in [6.45, 7) is 6.12. The number of aromatic nitrogens is 2. The first-order chi connectivity index (χ1) is 14.2. The average molecular weight is 409 g/mol. The summed E-state index contributed by atoms with van der Waals surface area (Å²) >= 11 is 0. The summed E-state index contributed by atoms with van der Waals surface area (Å²) < 4.78 is 12.4. The molecule has 0 aliphatic rings. The second-order valence-electron chi connectivity index (χ2n) is 8.10. The van der Waals surface area contributed by atoms with Crippen molar-refractivity contribution in [1.29, 1.82) is 0 Å². The average Bonchev–Trinajstić information content (AvgIpc) is 3.10. The molecule has 30 heavy (non-hydrogen) atoms. The second-order valence-corrected chi connectivity index (χ2v) is 8.10. The standard InChI is InChI=1S/C23H27N3O4/c1-23(2,3)30-22(28)26(15-20-24-12-13-25(20)4)14-16-10-11-19(21(27)29-5)18-9-7-6-8-17(16)18/h6-13H,14-15H2,1-5H3. The molecule has 0 saturated heterocycles. The molecular formula is C23H27N3O4. The number of fused-ring (bicyclic) bond motifs is 1. The van der Waals surface area contributed by atoms with Crippen LogP contribution in [-0.4, -0.2) is 39.2 Å². The second kappa shape index (κ2) is 8.57. The predicted octanol–water partition coefficient (Wildman–Crippen LogP) is 4.30. The molecule has 3 aromatic rings. The number of imidazole rings is 1. The quantitative estimate of drug-likeness (QED) is 0.588. The van der Waals surface area contributed by atoms with Gasteiger partial charge in [-0.15, -0.1) is 0 Å². The fourth-order valence-corrected chi connectivity index (χ4v) is 3.22. The summed E-state index contributed by atoms with van der Waals surface area (Å²) in [4.78, 5) is 31.1. The Bertz CT molecular complexity index is 1070. The van der Waals surface area contributed by atoms with Crippen molar-refractivity contribution in [2.75, 3.05) is 7.11 Å². The van der Waals surface area contributed by atoms with Crippen molar-refractivity contribution in [3.8, 4) is 0 Å². The summed E-state index contributed by atoms with van der Waals surface area (Å²) in [5.41, 5.74) is 0.774. The van der Waals surface area contributed by atoms with Gasteiger partial charge < -0.3 is 14.0 Å². The zero-order valence-corrected chi connectivity index (χ0v) is 18.0. The van der Waals surface area contributed by atoms with E-state index in [0.29, 0.717) is 18.7 Å². The van der Waals surface area contributed by atoms with Gasteiger partial charge in [0.05, 0.1) is 25.8 Å². The SMILES string of the molecule is COC(=O)c1ccc(CN(Cc2nccn2C)C(=O)OC(C)(C)C)c2ccccc12. The van der Waals surface area contributed by atoms with E-state index < -0.39 is 17.7 Å². The van der Waals surface area contributed by atoms with E-state index in [0.717, 1.165) is 22.2 Å². The molecule has 1 amide bonds. The Morgan fingerprint density at radius 1 is 1.07 bits per heavy atom. The van der Waals surface area contributed by atoms with Gasteiger partial charge in [-0.25, -0.2) is 14.6 Å². The molecule has 7 nitrogen and oxygen atoms in total. The van der Waals surface area contributed by atoms with Gasteiger partial charge in [-0.05, 0) is 43.2 Å². The molecule has 0 saturated carbocycles. The highest BCUT2D eigenvalue weighted by molar-refractivity contribution is 6.05. The third-order valence-electron chi connectivity index (χ3n) is 4.69. The predicted molar refractivity (Wildman–Crippen MR) is 114 cm³/mol. The molecule has 0 aliphatic heterocycles. The van der Waals surface area contributed by atoms with Crippen LogP contribution in [0, 0.1) is 0 Å². The van der Waals surface area contributed by atoms with Crippen LogP contribution in [0.25, 0.3) is 10.8 Å². The molecule has 0 unspecified atom stereocenters. The lowest BCUT2D eigenvalue weighted by Gasteiger charge is -2.27. The van der Waals surface area contributed by atoms with Crippen LogP contribution in [0.5, 0.6) is 0 Å². The number of carbonyl (C=O) groups is 2. The Hall–Kier alpha value is -3.35. The van der Waals surface area contributed by atoms with Gasteiger partial charge in [0.15, 0.2) is 0 Å². The monoisotopic (exact) mass is 409 g/mol. The lowest BCUT2D eigenvalue weighted by atomic mass is 9.99. The number of nitrogens with zero attached hydrogens (tertiary/aromatic N) is 3. The minimum Gasteiger partial charge on any atom is -0.465 e. The van der Waals surface area contributed by atoms with Crippen molar-refractivity contribution in [3.63, 3.8) is 0 Å². The zero-order valence-electron chi connectivity index (χ0n) is 18.0. The van der Waals surface area contributed by atoms with E-state index in [-0.39, 0.29) is 0 Å². The first-order valence-electron chi connectivity index (χ1n) is 9.72. The number of hydrogen-bond acceptors (Lipinski definition) is 5. The number of rotatable bonds is 5. The molecule has 158 valence electrons. The Morgan fingerprint density at radius 2 is 1.77 bits per heavy atom. The molecule has 2 aromatic carbocycles. The first kappa shape index (κ1) is 21.4. The Morgan fingerprint density at radius 3 is 2.37 bits per heavy atom. The molecule has 7 heteroatoms. The van der Waals surface area contributed by atoms with E-state index >= 15 is 0 Å². The van der Waals surface area contributed by atoms with Crippen molar-refractivity contribution in [2.45, 2.75) is 39.5 Å². The highest BCUT2D eigenvalue weighted by Crippen LogP contribution is 2.26. The summed E-state index contributed by atoms with van der Waals surface area (Å²) in [5, 5.41) is 1.66. The number of esters is 1. The number of methoxy groups -OCH3 is 1. The fraction of sp³-hybridized carbons (Fsp3) is 0.348. The van der Waals surface area contributed by atoms with Crippen LogP contribution in [-0.2, 0) is 29.6 Å². The maximum Gasteiger partial charge on any atom is 0.410 e. The topological polar surface area (TPSA) is 73.7 Å². The fourth-order valence-electron chi connectivity index (χ4n) is 3.22. The molecular weight excluding hydrogens is 382 g/mol. The van der Waals surface area contributed by atoms with Crippen molar-refractivity contribution in [3.05, 3.63) is 65.7 Å². The number of benzene rings is 2. The van der Waals surface area contributed by atoms with Crippen LogP contribution in [0.15, 0.2) is 48.8 Å². The lowest BCUT2D eigenvalue weighted by Crippen LogP contribution is -2.36. The highest BCUT2D eigenvalue weighted by Gasteiger charge is 2.24. The van der Waals surface area contributed by atoms with E-state index in [1.54, 1.807) is 17.2 Å². The van der Waals surface area contributed by atoms with E-state index in [1.807, 2.05) is 68.9 Å². The summed E-state index contributed by atoms with van der Waals surface area (Å²) in [5.74, 6) is 0.353. The number of carbonyl (C=O) groups excluding carboxylic acids is 2. The Labute approximate surface area is 176 Å². The normalized spacial score (nSPS) is 11.4. The smallest absolute Gasteiger partial charge is 0.410 e. The molecule has 0 bridgehead atoms. The summed E-state index contributed by atoms with van der Waals surface area (Å²) in [6.07, 6.45) is 3.11. The number of amides is 1. The highest BCUT2D eigenvalue weighted by atomic mass is 16.6. The molecule has 0 fully saturated rings. The molecule has 1 aromatic heterocycles. The summed E-state index contributed by atoms with van der Waals surface area (Å²) in [6, 6.07) is 11.2. The minimum absolute atomic E-state index is 0.297. The van der Waals surface area contributed by atoms with E-state index in [9.17, 15) is 9.59 Å². The van der Waals surface area contributed by atoms with Gasteiger partial charge in [-0.3, -0.25) is 4.90 Å². The van der Waals surface area contributed by atoms with Crippen LogP contribution in [0.3, 0.4) is 0 Å². The number of ether oxygens (including phenoxy) is 2. The Balaban J connectivity index is 1.99. The van der Waals surface area contributed by atoms with Crippen molar-refractivity contribution >= 4 is 22.8 Å². The maximum atomic E-state index is 13.0. The van der Waals surface area contributed by atoms with Crippen LogP contribution in [0.4, 0.5) is 4.79 Å². The van der Waals surface area contributed by atoms with Crippen LogP contribution in [0.2, 0.25) is 0 Å². The van der Waals surface area contributed by atoms with Crippen molar-refractivity contribution in [2.24, 2.45) is 7.05 Å². The first-order valence-corrected chi connectivity index (χ1v) is 9.72. The van der Waals surface area contributed by atoms with Gasteiger partial charge in [0, 0.05) is 19.4 Å². The largest absolute Gasteiger partial charge is 0.465 e. The van der Waals surface area contributed by atoms with Crippen LogP contribution < -0.4 is 0 Å².